The number of carbonyl (C=O) groups is 2. The lowest BCUT2D eigenvalue weighted by Gasteiger charge is -2.11. The van der Waals surface area contributed by atoms with Gasteiger partial charge in [-0.25, -0.2) is 0 Å². The number of hydrogen-bond donors (Lipinski definition) is 1. The van der Waals surface area contributed by atoms with E-state index in [1.807, 2.05) is 19.9 Å². The average Bonchev–Trinajstić information content (AvgIpc) is 3.00. The van der Waals surface area contributed by atoms with Crippen LogP contribution in [-0.2, 0) is 20.7 Å². The minimum Gasteiger partial charge on any atom is -0.469 e. The summed E-state index contributed by atoms with van der Waals surface area (Å²) in [7, 11) is 0. The SMILES string of the molecule is Cc1cc(C)c(NC(=O)COC(=O)CCc2ccco2)c(Cl)c1. The second-order valence-electron chi connectivity index (χ2n) is 5.23. The van der Waals surface area contributed by atoms with Gasteiger partial charge in [0.1, 0.15) is 5.76 Å². The molecular weight excluding hydrogens is 318 g/mol. The fourth-order valence-corrected chi connectivity index (χ4v) is 2.52. The van der Waals surface area contributed by atoms with Crippen LogP contribution >= 0.6 is 11.6 Å². The summed E-state index contributed by atoms with van der Waals surface area (Å²) in [6.07, 6.45) is 2.14. The molecule has 0 aliphatic carbocycles. The quantitative estimate of drug-likeness (QED) is 0.818. The first-order valence-corrected chi connectivity index (χ1v) is 7.58. The predicted octanol–water partition coefficient (Wildman–Crippen LogP) is 3.66. The number of esters is 1. The summed E-state index contributed by atoms with van der Waals surface area (Å²) in [6, 6.07) is 7.21. The Bertz CT molecular complexity index is 672. The van der Waals surface area contributed by atoms with Crippen LogP contribution in [0.4, 0.5) is 5.69 Å². The number of halogens is 1. The number of carbonyl (C=O) groups excluding carboxylic acids is 2. The van der Waals surface area contributed by atoms with Crippen LogP contribution < -0.4 is 5.32 Å². The van der Waals surface area contributed by atoms with Crippen LogP contribution in [0.15, 0.2) is 34.9 Å². The molecule has 0 unspecified atom stereocenters. The van der Waals surface area contributed by atoms with Crippen LogP contribution in [0.25, 0.3) is 0 Å². The molecular formula is C17H18ClNO4. The molecule has 2 rings (SSSR count). The van der Waals surface area contributed by atoms with Crippen molar-refractivity contribution in [3.05, 3.63) is 52.4 Å². The number of anilines is 1. The lowest BCUT2D eigenvalue weighted by molar-refractivity contribution is -0.147. The van der Waals surface area contributed by atoms with Gasteiger partial charge >= 0.3 is 5.97 Å². The summed E-state index contributed by atoms with van der Waals surface area (Å²) < 4.78 is 10.1. The molecule has 1 aromatic heterocycles. The highest BCUT2D eigenvalue weighted by Gasteiger charge is 2.12. The fourth-order valence-electron chi connectivity index (χ4n) is 2.15. The smallest absolute Gasteiger partial charge is 0.306 e. The molecule has 1 aromatic carbocycles. The number of benzene rings is 1. The first kappa shape index (κ1) is 17.1. The molecule has 5 nitrogen and oxygen atoms in total. The standard InChI is InChI=1S/C17H18ClNO4/c1-11-8-12(2)17(14(18)9-11)19-15(20)10-23-16(21)6-5-13-4-3-7-22-13/h3-4,7-9H,5-6,10H2,1-2H3,(H,19,20). The molecule has 0 aliphatic rings. The van der Waals surface area contributed by atoms with E-state index in [4.69, 9.17) is 20.8 Å². The lowest BCUT2D eigenvalue weighted by Crippen LogP contribution is -2.21. The molecule has 0 aliphatic heterocycles. The monoisotopic (exact) mass is 335 g/mol. The van der Waals surface area contributed by atoms with Gasteiger partial charge in [-0.1, -0.05) is 17.7 Å². The Morgan fingerprint density at radius 2 is 2.09 bits per heavy atom. The van der Waals surface area contributed by atoms with Crippen molar-refractivity contribution in [3.63, 3.8) is 0 Å². The van der Waals surface area contributed by atoms with Crippen LogP contribution in [0.1, 0.15) is 23.3 Å². The summed E-state index contributed by atoms with van der Waals surface area (Å²) >= 11 is 6.12. The maximum Gasteiger partial charge on any atom is 0.306 e. The molecule has 0 atom stereocenters. The zero-order chi connectivity index (χ0) is 16.8. The molecule has 0 saturated heterocycles. The van der Waals surface area contributed by atoms with Crippen LogP contribution in [-0.4, -0.2) is 18.5 Å². The van der Waals surface area contributed by atoms with Gasteiger partial charge in [0.15, 0.2) is 6.61 Å². The van der Waals surface area contributed by atoms with Crippen molar-refractivity contribution in [2.45, 2.75) is 26.7 Å². The highest BCUT2D eigenvalue weighted by Crippen LogP contribution is 2.27. The third kappa shape index (κ3) is 5.14. The molecule has 0 fully saturated rings. The Hall–Kier alpha value is -2.27. The van der Waals surface area contributed by atoms with E-state index in [9.17, 15) is 9.59 Å². The van der Waals surface area contributed by atoms with Crippen LogP contribution in [0, 0.1) is 13.8 Å². The van der Waals surface area contributed by atoms with Crippen LogP contribution in [0.3, 0.4) is 0 Å². The van der Waals surface area contributed by atoms with E-state index < -0.39 is 11.9 Å². The zero-order valence-corrected chi connectivity index (χ0v) is 13.8. The third-order valence-corrected chi connectivity index (χ3v) is 3.51. The van der Waals surface area contributed by atoms with Gasteiger partial charge in [0.2, 0.25) is 0 Å². The molecule has 2 aromatic rings. The number of hydrogen-bond acceptors (Lipinski definition) is 4. The maximum absolute atomic E-state index is 11.9. The van der Waals surface area contributed by atoms with Gasteiger partial charge in [0.05, 0.1) is 23.4 Å². The van der Waals surface area contributed by atoms with Gasteiger partial charge in [-0.2, -0.15) is 0 Å². The van der Waals surface area contributed by atoms with Crippen molar-refractivity contribution < 1.29 is 18.7 Å². The zero-order valence-electron chi connectivity index (χ0n) is 13.0. The minimum absolute atomic E-state index is 0.158. The van der Waals surface area contributed by atoms with Crippen LogP contribution in [0.2, 0.25) is 5.02 Å². The summed E-state index contributed by atoms with van der Waals surface area (Å²) in [5.74, 6) is -0.179. The van der Waals surface area contributed by atoms with Crippen molar-refractivity contribution in [1.29, 1.82) is 0 Å². The molecule has 1 heterocycles. The second-order valence-corrected chi connectivity index (χ2v) is 5.63. The molecule has 1 amide bonds. The van der Waals surface area contributed by atoms with E-state index in [0.717, 1.165) is 11.1 Å². The van der Waals surface area contributed by atoms with Gasteiger partial charge in [0.25, 0.3) is 5.91 Å². The van der Waals surface area contributed by atoms with E-state index in [2.05, 4.69) is 5.32 Å². The molecule has 0 saturated carbocycles. The van der Waals surface area contributed by atoms with Crippen molar-refractivity contribution in [2.24, 2.45) is 0 Å². The molecule has 0 spiro atoms. The number of aryl methyl sites for hydroxylation is 3. The first-order valence-electron chi connectivity index (χ1n) is 7.20. The van der Waals surface area contributed by atoms with Crippen molar-refractivity contribution in [2.75, 3.05) is 11.9 Å². The van der Waals surface area contributed by atoms with Crippen molar-refractivity contribution in [3.8, 4) is 0 Å². The molecule has 1 N–H and O–H groups in total. The van der Waals surface area contributed by atoms with Gasteiger partial charge in [-0.15, -0.1) is 0 Å². The summed E-state index contributed by atoms with van der Waals surface area (Å²) in [5, 5.41) is 3.12. The minimum atomic E-state index is -0.455. The van der Waals surface area contributed by atoms with E-state index in [1.165, 1.54) is 0 Å². The van der Waals surface area contributed by atoms with Crippen molar-refractivity contribution >= 4 is 29.2 Å². The number of ether oxygens (including phenoxy) is 1. The molecule has 6 heteroatoms. The Balaban J connectivity index is 1.80. The Morgan fingerprint density at radius 1 is 1.30 bits per heavy atom. The largest absolute Gasteiger partial charge is 0.469 e. The lowest BCUT2D eigenvalue weighted by atomic mass is 10.1. The Labute approximate surface area is 139 Å². The third-order valence-electron chi connectivity index (χ3n) is 3.22. The van der Waals surface area contributed by atoms with E-state index in [-0.39, 0.29) is 13.0 Å². The van der Waals surface area contributed by atoms with Gasteiger partial charge in [0, 0.05) is 6.42 Å². The van der Waals surface area contributed by atoms with E-state index in [0.29, 0.717) is 22.9 Å². The van der Waals surface area contributed by atoms with Gasteiger partial charge in [-0.3, -0.25) is 9.59 Å². The molecule has 0 bridgehead atoms. The molecule has 0 radical (unpaired) electrons. The van der Waals surface area contributed by atoms with Crippen LogP contribution in [0.5, 0.6) is 0 Å². The Morgan fingerprint density at radius 3 is 2.74 bits per heavy atom. The molecule has 122 valence electrons. The predicted molar refractivity (Wildman–Crippen MR) is 87.5 cm³/mol. The Kier molecular flexibility index (Phi) is 5.82. The summed E-state index contributed by atoms with van der Waals surface area (Å²) in [5.41, 5.74) is 2.40. The van der Waals surface area contributed by atoms with E-state index in [1.54, 1.807) is 24.5 Å². The fraction of sp³-hybridized carbons (Fsp3) is 0.294. The number of furan rings is 1. The topological polar surface area (TPSA) is 68.5 Å². The summed E-state index contributed by atoms with van der Waals surface area (Å²) in [4.78, 5) is 23.5. The highest BCUT2D eigenvalue weighted by molar-refractivity contribution is 6.34. The highest BCUT2D eigenvalue weighted by atomic mass is 35.5. The molecule has 23 heavy (non-hydrogen) atoms. The normalized spacial score (nSPS) is 10.4. The van der Waals surface area contributed by atoms with Crippen molar-refractivity contribution in [1.82, 2.24) is 0 Å². The van der Waals surface area contributed by atoms with E-state index >= 15 is 0 Å². The number of nitrogens with one attached hydrogen (secondary N) is 1. The maximum atomic E-state index is 11.9. The number of amides is 1. The summed E-state index contributed by atoms with van der Waals surface area (Å²) in [6.45, 7) is 3.43. The second kappa shape index (κ2) is 7.83. The van der Waals surface area contributed by atoms with Gasteiger partial charge < -0.3 is 14.5 Å². The average molecular weight is 336 g/mol. The van der Waals surface area contributed by atoms with Gasteiger partial charge in [-0.05, 0) is 43.2 Å². The first-order chi connectivity index (χ1) is 11.0. The number of rotatable bonds is 6.